The summed E-state index contributed by atoms with van der Waals surface area (Å²) in [6, 6.07) is 9.21. The van der Waals surface area contributed by atoms with Gasteiger partial charge < -0.3 is 4.90 Å². The van der Waals surface area contributed by atoms with Gasteiger partial charge in [-0.15, -0.1) is 12.1 Å². The van der Waals surface area contributed by atoms with E-state index in [2.05, 4.69) is 12.7 Å². The van der Waals surface area contributed by atoms with E-state index in [9.17, 15) is 8.78 Å². The number of allylic oxidation sites excluding steroid dienone is 3. The smallest absolute Gasteiger partial charge is 0.256 e. The Balaban J connectivity index is 0.00000180. The second-order valence-electron chi connectivity index (χ2n) is 3.80. The summed E-state index contributed by atoms with van der Waals surface area (Å²) in [4.78, 5) is 1.39. The topological polar surface area (TPSA) is 3.24 Å². The Morgan fingerprint density at radius 2 is 1.89 bits per heavy atom. The molecule has 1 heterocycles. The van der Waals surface area contributed by atoms with Gasteiger partial charge in [-0.05, 0) is 10.7 Å². The molecule has 0 unspecified atom stereocenters. The molecule has 5 heteroatoms. The molecule has 19 heavy (non-hydrogen) atoms. The molecule has 1 aromatic carbocycles. The summed E-state index contributed by atoms with van der Waals surface area (Å²) in [6.07, 6.45) is 2.01. The van der Waals surface area contributed by atoms with E-state index in [1.807, 2.05) is 30.3 Å². The fraction of sp³-hybridized carbons (Fsp3) is 0.143. The molecular weight excluding hydrogens is 345 g/mol. The van der Waals surface area contributed by atoms with Crippen LogP contribution in [0, 0.1) is 6.08 Å². The molecule has 1 radical (unpaired) electrons. The summed E-state index contributed by atoms with van der Waals surface area (Å²) in [5, 5.41) is 0.329. The van der Waals surface area contributed by atoms with Crippen LogP contribution in [0.2, 0.25) is 0 Å². The van der Waals surface area contributed by atoms with E-state index in [1.54, 1.807) is 6.08 Å². The van der Waals surface area contributed by atoms with Crippen LogP contribution in [-0.4, -0.2) is 17.9 Å². The third kappa shape index (κ3) is 3.98. The Morgan fingerprint density at radius 1 is 1.26 bits per heavy atom. The molecule has 0 saturated heterocycles. The van der Waals surface area contributed by atoms with Gasteiger partial charge in [0.1, 0.15) is 0 Å². The molecule has 0 bridgehead atoms. The van der Waals surface area contributed by atoms with E-state index in [4.69, 9.17) is 11.6 Å². The van der Waals surface area contributed by atoms with Gasteiger partial charge in [0.15, 0.2) is 0 Å². The summed E-state index contributed by atoms with van der Waals surface area (Å²) >= 11 is 5.90. The monoisotopic (exact) mass is 355 g/mol. The molecular formula is C14H11ClF2NY-. The van der Waals surface area contributed by atoms with Crippen LogP contribution in [0.5, 0.6) is 0 Å². The molecule has 2 rings (SSSR count). The zero-order chi connectivity index (χ0) is 13.1. The Labute approximate surface area is 141 Å². The van der Waals surface area contributed by atoms with Crippen molar-refractivity contribution in [1.82, 2.24) is 4.90 Å². The van der Waals surface area contributed by atoms with E-state index in [-0.39, 0.29) is 32.7 Å². The minimum Gasteiger partial charge on any atom is -0.368 e. The van der Waals surface area contributed by atoms with Gasteiger partial charge in [-0.3, -0.25) is 0 Å². The van der Waals surface area contributed by atoms with Gasteiger partial charge in [-0.1, -0.05) is 36.0 Å². The molecule has 1 aromatic rings. The molecule has 0 aromatic heterocycles. The Hall–Kier alpha value is -0.506. The SMILES string of the molecule is C=C1C(Cl)=C[C-]=C(c2ccccc2)N1CC(F)F.[Y]. The first-order valence-corrected chi connectivity index (χ1v) is 5.77. The van der Waals surface area contributed by atoms with Gasteiger partial charge >= 0.3 is 0 Å². The first kappa shape index (κ1) is 16.5. The van der Waals surface area contributed by atoms with Gasteiger partial charge in [0, 0.05) is 32.7 Å². The number of halogens is 3. The molecule has 0 atom stereocenters. The Kier molecular flexibility index (Phi) is 6.38. The molecule has 1 nitrogen and oxygen atoms in total. The Morgan fingerprint density at radius 3 is 2.47 bits per heavy atom. The van der Waals surface area contributed by atoms with Crippen molar-refractivity contribution in [3.05, 3.63) is 65.4 Å². The fourth-order valence-corrected chi connectivity index (χ4v) is 1.89. The van der Waals surface area contributed by atoms with Crippen molar-refractivity contribution in [3.8, 4) is 0 Å². The normalized spacial score (nSPS) is 14.9. The number of hydrogen-bond acceptors (Lipinski definition) is 1. The van der Waals surface area contributed by atoms with Crippen molar-refractivity contribution in [2.24, 2.45) is 0 Å². The number of benzene rings is 1. The van der Waals surface area contributed by atoms with Crippen LogP contribution in [0.4, 0.5) is 8.78 Å². The maximum Gasteiger partial charge on any atom is 0.256 e. The van der Waals surface area contributed by atoms with Crippen molar-refractivity contribution in [2.45, 2.75) is 6.43 Å². The van der Waals surface area contributed by atoms with Crippen LogP contribution in [0.25, 0.3) is 5.70 Å². The second-order valence-corrected chi connectivity index (χ2v) is 4.21. The maximum absolute atomic E-state index is 12.6. The number of nitrogens with zero attached hydrogens (tertiary/aromatic N) is 1. The van der Waals surface area contributed by atoms with Gasteiger partial charge in [0.25, 0.3) is 6.43 Å². The predicted molar refractivity (Wildman–Crippen MR) is 68.9 cm³/mol. The van der Waals surface area contributed by atoms with E-state index in [0.717, 1.165) is 5.56 Å². The third-order valence-corrected chi connectivity index (χ3v) is 2.90. The molecule has 0 fully saturated rings. The molecule has 1 aliphatic rings. The van der Waals surface area contributed by atoms with Crippen LogP contribution in [0.3, 0.4) is 0 Å². The van der Waals surface area contributed by atoms with Gasteiger partial charge in [-0.25, -0.2) is 8.78 Å². The number of rotatable bonds is 3. The van der Waals surface area contributed by atoms with Crippen LogP contribution < -0.4 is 0 Å². The molecule has 1 aliphatic heterocycles. The summed E-state index contributed by atoms with van der Waals surface area (Å²) in [6.45, 7) is 3.29. The van der Waals surface area contributed by atoms with Crippen molar-refractivity contribution < 1.29 is 41.5 Å². The maximum atomic E-state index is 12.6. The fourth-order valence-electron chi connectivity index (χ4n) is 1.73. The zero-order valence-electron chi connectivity index (χ0n) is 10.1. The standard InChI is InChI=1S/C14H11ClF2N.Y/c1-10-12(15)7-8-13(18(10)9-14(16)17)11-5-3-2-4-6-11;/h2-7,14H,1,9H2;/q-1;. The molecule has 0 spiro atoms. The van der Waals surface area contributed by atoms with Crippen LogP contribution in [-0.2, 0) is 32.7 Å². The second kappa shape index (κ2) is 7.32. The molecule has 0 amide bonds. The quantitative estimate of drug-likeness (QED) is 0.740. The van der Waals surface area contributed by atoms with E-state index in [0.29, 0.717) is 16.4 Å². The summed E-state index contributed by atoms with van der Waals surface area (Å²) in [5.41, 5.74) is 1.74. The average Bonchev–Trinajstić information content (AvgIpc) is 2.36. The molecule has 97 valence electrons. The van der Waals surface area contributed by atoms with Crippen LogP contribution in [0.1, 0.15) is 5.56 Å². The van der Waals surface area contributed by atoms with Gasteiger partial charge in [0.2, 0.25) is 0 Å². The summed E-state index contributed by atoms with van der Waals surface area (Å²) < 4.78 is 25.2. The Bertz CT molecular complexity index is 511. The van der Waals surface area contributed by atoms with Crippen LogP contribution >= 0.6 is 11.6 Å². The first-order valence-electron chi connectivity index (χ1n) is 5.39. The zero-order valence-corrected chi connectivity index (χ0v) is 13.7. The molecule has 0 N–H and O–H groups in total. The minimum atomic E-state index is -2.47. The van der Waals surface area contributed by atoms with E-state index in [1.165, 1.54) is 4.90 Å². The summed E-state index contributed by atoms with van der Waals surface area (Å²) in [5.74, 6) is 0. The molecule has 0 aliphatic carbocycles. The first-order chi connectivity index (χ1) is 8.59. The molecule has 0 saturated carbocycles. The van der Waals surface area contributed by atoms with Crippen molar-refractivity contribution in [3.63, 3.8) is 0 Å². The summed E-state index contributed by atoms with van der Waals surface area (Å²) in [7, 11) is 0. The van der Waals surface area contributed by atoms with Gasteiger partial charge in [-0.2, -0.15) is 23.8 Å². The number of alkyl halides is 2. The minimum absolute atomic E-state index is 0. The van der Waals surface area contributed by atoms with Crippen molar-refractivity contribution >= 4 is 17.3 Å². The van der Waals surface area contributed by atoms with Gasteiger partial charge in [0.05, 0.1) is 6.54 Å². The average molecular weight is 356 g/mol. The predicted octanol–water partition coefficient (Wildman–Crippen LogP) is 4.05. The van der Waals surface area contributed by atoms with E-state index >= 15 is 0 Å². The largest absolute Gasteiger partial charge is 0.368 e. The third-order valence-electron chi connectivity index (χ3n) is 2.57. The number of hydrogen-bond donors (Lipinski definition) is 0. The van der Waals surface area contributed by atoms with Crippen LogP contribution in [0.15, 0.2) is 53.7 Å². The van der Waals surface area contributed by atoms with Crippen molar-refractivity contribution in [1.29, 1.82) is 0 Å². The van der Waals surface area contributed by atoms with Crippen molar-refractivity contribution in [2.75, 3.05) is 6.54 Å². The van der Waals surface area contributed by atoms with E-state index < -0.39 is 13.0 Å².